The van der Waals surface area contributed by atoms with E-state index in [1.54, 1.807) is 18.7 Å². The zero-order valence-electron chi connectivity index (χ0n) is 9.97. The molecule has 3 nitrogen and oxygen atoms in total. The standard InChI is InChI=1S/C12H12ClF2N3/c1-7-11(13)10(18(2)17-7)6-16-9-5-3-4-8(14)12(9)15/h3-5,16H,6H2,1-2H3. The number of nitrogens with zero attached hydrogens (tertiary/aromatic N) is 2. The lowest BCUT2D eigenvalue weighted by Gasteiger charge is -2.08. The van der Waals surface area contributed by atoms with Crippen molar-refractivity contribution >= 4 is 17.3 Å². The number of anilines is 1. The van der Waals surface area contributed by atoms with Crippen molar-refractivity contribution in [1.29, 1.82) is 0 Å². The van der Waals surface area contributed by atoms with E-state index >= 15 is 0 Å². The van der Waals surface area contributed by atoms with Crippen molar-refractivity contribution in [2.45, 2.75) is 13.5 Å². The summed E-state index contributed by atoms with van der Waals surface area (Å²) in [6.07, 6.45) is 0. The molecule has 18 heavy (non-hydrogen) atoms. The van der Waals surface area contributed by atoms with Crippen molar-refractivity contribution in [2.24, 2.45) is 7.05 Å². The van der Waals surface area contributed by atoms with E-state index in [4.69, 9.17) is 11.6 Å². The summed E-state index contributed by atoms with van der Waals surface area (Å²) in [6, 6.07) is 3.98. The quantitative estimate of drug-likeness (QED) is 0.928. The molecule has 2 aromatic rings. The Morgan fingerprint density at radius 3 is 2.72 bits per heavy atom. The minimum Gasteiger partial charge on any atom is -0.377 e. The fraction of sp³-hybridized carbons (Fsp3) is 0.250. The Bertz CT molecular complexity index is 581. The molecule has 0 radical (unpaired) electrons. The topological polar surface area (TPSA) is 29.9 Å². The van der Waals surface area contributed by atoms with Crippen molar-refractivity contribution in [3.05, 3.63) is 46.2 Å². The van der Waals surface area contributed by atoms with Gasteiger partial charge in [-0.3, -0.25) is 4.68 Å². The first-order valence-electron chi connectivity index (χ1n) is 5.36. The molecule has 0 saturated carbocycles. The van der Waals surface area contributed by atoms with Gasteiger partial charge < -0.3 is 5.32 Å². The molecule has 0 amide bonds. The molecular formula is C12H12ClF2N3. The molecule has 0 spiro atoms. The molecule has 0 aliphatic carbocycles. The molecule has 0 saturated heterocycles. The van der Waals surface area contributed by atoms with Crippen molar-refractivity contribution in [1.82, 2.24) is 9.78 Å². The zero-order valence-corrected chi connectivity index (χ0v) is 10.7. The van der Waals surface area contributed by atoms with Crippen molar-refractivity contribution in [3.8, 4) is 0 Å². The minimum absolute atomic E-state index is 0.102. The van der Waals surface area contributed by atoms with Crippen LogP contribution in [0.15, 0.2) is 18.2 Å². The second-order valence-corrected chi connectivity index (χ2v) is 4.30. The summed E-state index contributed by atoms with van der Waals surface area (Å²) in [5, 5.41) is 7.47. The van der Waals surface area contributed by atoms with Crippen LogP contribution >= 0.6 is 11.6 Å². The molecule has 0 atom stereocenters. The van der Waals surface area contributed by atoms with Crippen molar-refractivity contribution in [3.63, 3.8) is 0 Å². The summed E-state index contributed by atoms with van der Waals surface area (Å²) in [7, 11) is 1.75. The van der Waals surface area contributed by atoms with E-state index in [0.29, 0.717) is 10.7 Å². The third-order valence-corrected chi connectivity index (χ3v) is 3.15. The van der Waals surface area contributed by atoms with Gasteiger partial charge in [-0.05, 0) is 19.1 Å². The molecule has 1 N–H and O–H groups in total. The van der Waals surface area contributed by atoms with E-state index in [0.717, 1.165) is 11.8 Å². The van der Waals surface area contributed by atoms with Gasteiger partial charge in [0, 0.05) is 7.05 Å². The maximum Gasteiger partial charge on any atom is 0.181 e. The van der Waals surface area contributed by atoms with E-state index in [1.165, 1.54) is 12.1 Å². The van der Waals surface area contributed by atoms with Gasteiger partial charge in [-0.1, -0.05) is 17.7 Å². The Morgan fingerprint density at radius 2 is 2.11 bits per heavy atom. The second kappa shape index (κ2) is 4.94. The summed E-state index contributed by atoms with van der Waals surface area (Å²) < 4.78 is 28.0. The number of aryl methyl sites for hydroxylation is 2. The van der Waals surface area contributed by atoms with Gasteiger partial charge in [0.2, 0.25) is 0 Å². The molecule has 6 heteroatoms. The number of aromatic nitrogens is 2. The third-order valence-electron chi connectivity index (χ3n) is 2.66. The molecule has 0 unspecified atom stereocenters. The maximum atomic E-state index is 13.4. The summed E-state index contributed by atoms with van der Waals surface area (Å²) in [6.45, 7) is 2.06. The van der Waals surface area contributed by atoms with Gasteiger partial charge in [0.15, 0.2) is 11.6 Å². The number of nitrogens with one attached hydrogen (secondary N) is 1. The van der Waals surface area contributed by atoms with Crippen LogP contribution in [0.25, 0.3) is 0 Å². The van der Waals surface area contributed by atoms with Gasteiger partial charge in [0.05, 0.1) is 28.6 Å². The predicted molar refractivity (Wildman–Crippen MR) is 66.6 cm³/mol. The summed E-state index contributed by atoms with van der Waals surface area (Å²) >= 11 is 6.06. The molecule has 1 heterocycles. The molecular weight excluding hydrogens is 260 g/mol. The summed E-state index contributed by atoms with van der Waals surface area (Å²) in [5.41, 5.74) is 1.53. The highest BCUT2D eigenvalue weighted by atomic mass is 35.5. The highest BCUT2D eigenvalue weighted by molar-refractivity contribution is 6.31. The van der Waals surface area contributed by atoms with Crippen LogP contribution in [0.3, 0.4) is 0 Å². The van der Waals surface area contributed by atoms with Crippen molar-refractivity contribution < 1.29 is 8.78 Å². The zero-order chi connectivity index (χ0) is 13.3. The molecule has 0 bridgehead atoms. The monoisotopic (exact) mass is 271 g/mol. The highest BCUT2D eigenvalue weighted by Crippen LogP contribution is 2.22. The second-order valence-electron chi connectivity index (χ2n) is 3.92. The van der Waals surface area contributed by atoms with E-state index in [1.807, 2.05) is 0 Å². The number of hydrogen-bond acceptors (Lipinski definition) is 2. The molecule has 0 aliphatic rings. The molecule has 0 fully saturated rings. The predicted octanol–water partition coefficient (Wildman–Crippen LogP) is 3.27. The van der Waals surface area contributed by atoms with Crippen LogP contribution in [0.4, 0.5) is 14.5 Å². The van der Waals surface area contributed by atoms with E-state index in [9.17, 15) is 8.78 Å². The van der Waals surface area contributed by atoms with Crippen LogP contribution in [0.2, 0.25) is 5.02 Å². The molecule has 0 aliphatic heterocycles. The van der Waals surface area contributed by atoms with E-state index < -0.39 is 11.6 Å². The number of benzene rings is 1. The van der Waals surface area contributed by atoms with Gasteiger partial charge in [0.25, 0.3) is 0 Å². The molecule has 2 rings (SSSR count). The van der Waals surface area contributed by atoms with Gasteiger partial charge in [-0.25, -0.2) is 8.78 Å². The van der Waals surface area contributed by atoms with Crippen LogP contribution < -0.4 is 5.32 Å². The average Bonchev–Trinajstić information content (AvgIpc) is 2.56. The van der Waals surface area contributed by atoms with Gasteiger partial charge >= 0.3 is 0 Å². The Balaban J connectivity index is 2.19. The molecule has 1 aromatic carbocycles. The lowest BCUT2D eigenvalue weighted by molar-refractivity contribution is 0.510. The van der Waals surface area contributed by atoms with Gasteiger partial charge in [0.1, 0.15) is 0 Å². The fourth-order valence-corrected chi connectivity index (χ4v) is 1.92. The van der Waals surface area contributed by atoms with Gasteiger partial charge in [-0.15, -0.1) is 0 Å². The summed E-state index contributed by atoms with van der Waals surface area (Å²) in [5.74, 6) is -1.78. The maximum absolute atomic E-state index is 13.4. The first kappa shape index (κ1) is 12.8. The smallest absolute Gasteiger partial charge is 0.181 e. The summed E-state index contributed by atoms with van der Waals surface area (Å²) in [4.78, 5) is 0. The third kappa shape index (κ3) is 2.31. The minimum atomic E-state index is -0.896. The molecule has 1 aromatic heterocycles. The SMILES string of the molecule is Cc1nn(C)c(CNc2cccc(F)c2F)c1Cl. The highest BCUT2D eigenvalue weighted by Gasteiger charge is 2.12. The van der Waals surface area contributed by atoms with Crippen LogP contribution in [0.1, 0.15) is 11.4 Å². The van der Waals surface area contributed by atoms with E-state index in [2.05, 4.69) is 10.4 Å². The van der Waals surface area contributed by atoms with Crippen LogP contribution in [-0.4, -0.2) is 9.78 Å². The number of rotatable bonds is 3. The van der Waals surface area contributed by atoms with E-state index in [-0.39, 0.29) is 12.2 Å². The Labute approximate surface area is 108 Å². The van der Waals surface area contributed by atoms with Crippen molar-refractivity contribution in [2.75, 3.05) is 5.32 Å². The van der Waals surface area contributed by atoms with Crippen LogP contribution in [0.5, 0.6) is 0 Å². The molecule has 96 valence electrons. The van der Waals surface area contributed by atoms with Gasteiger partial charge in [-0.2, -0.15) is 5.10 Å². The van der Waals surface area contributed by atoms with Crippen LogP contribution in [0, 0.1) is 18.6 Å². The lowest BCUT2D eigenvalue weighted by Crippen LogP contribution is -2.07. The average molecular weight is 272 g/mol. The number of halogens is 3. The normalized spacial score (nSPS) is 10.7. The Morgan fingerprint density at radius 1 is 1.39 bits per heavy atom. The first-order valence-corrected chi connectivity index (χ1v) is 5.74. The fourth-order valence-electron chi connectivity index (χ4n) is 1.69. The van der Waals surface area contributed by atoms with Crippen LogP contribution in [-0.2, 0) is 13.6 Å². The Kier molecular flexibility index (Phi) is 3.52. The Hall–Kier alpha value is -1.62. The lowest BCUT2D eigenvalue weighted by atomic mass is 10.3. The number of hydrogen-bond donors (Lipinski definition) is 1. The first-order chi connectivity index (χ1) is 8.50. The largest absolute Gasteiger partial charge is 0.377 e.